The molecule has 2 aromatic carbocycles. The summed E-state index contributed by atoms with van der Waals surface area (Å²) in [5.74, 6) is 1.70. The van der Waals surface area contributed by atoms with E-state index in [0.29, 0.717) is 11.6 Å². The Morgan fingerprint density at radius 1 is 1.06 bits per heavy atom. The van der Waals surface area contributed by atoms with Crippen molar-refractivity contribution in [1.29, 1.82) is 0 Å². The van der Waals surface area contributed by atoms with Gasteiger partial charge in [0.05, 0.1) is 12.8 Å². The lowest BCUT2D eigenvalue weighted by Crippen LogP contribution is -2.32. The van der Waals surface area contributed by atoms with Crippen LogP contribution in [0.5, 0.6) is 5.75 Å². The molecule has 4 rings (SSSR count). The van der Waals surface area contributed by atoms with Gasteiger partial charge in [0.2, 0.25) is 5.91 Å². The number of amides is 1. The first kappa shape index (κ1) is 23.0. The lowest BCUT2D eigenvalue weighted by Gasteiger charge is -2.03. The lowest BCUT2D eigenvalue weighted by atomic mass is 10.2. The zero-order chi connectivity index (χ0) is 22.9. The zero-order valence-electron chi connectivity index (χ0n) is 18.4. The van der Waals surface area contributed by atoms with Crippen LogP contribution in [0.1, 0.15) is 18.4 Å². The first-order chi connectivity index (χ1) is 16.2. The molecule has 0 bridgehead atoms. The maximum Gasteiger partial charge on any atom is 0.226 e. The highest BCUT2D eigenvalue weighted by Gasteiger charge is 2.09. The van der Waals surface area contributed by atoms with E-state index in [0.717, 1.165) is 35.7 Å². The zero-order valence-corrected chi connectivity index (χ0v) is 20.1. The number of anilines is 1. The summed E-state index contributed by atoms with van der Waals surface area (Å²) in [6.45, 7) is 0.864. The van der Waals surface area contributed by atoms with Gasteiger partial charge >= 0.3 is 0 Å². The van der Waals surface area contributed by atoms with Crippen LogP contribution in [0.4, 0.5) is 5.13 Å². The summed E-state index contributed by atoms with van der Waals surface area (Å²) in [4.78, 5) is 18.0. The molecule has 33 heavy (non-hydrogen) atoms. The van der Waals surface area contributed by atoms with Gasteiger partial charge in [0.1, 0.15) is 5.75 Å². The highest BCUT2D eigenvalue weighted by molar-refractivity contribution is 7.99. The first-order valence-electron chi connectivity index (χ1n) is 10.8. The van der Waals surface area contributed by atoms with E-state index >= 15 is 0 Å². The molecule has 0 unspecified atom stereocenters. The fraction of sp³-hybridized carbons (Fsp3) is 0.192. The van der Waals surface area contributed by atoms with Crippen molar-refractivity contribution < 1.29 is 14.1 Å². The lowest BCUT2D eigenvalue weighted by molar-refractivity contribution is -0.688. The Hall–Kier alpha value is -3.16. The topological polar surface area (TPSA) is 55.1 Å². The second-order valence-electron chi connectivity index (χ2n) is 7.46. The maximum atomic E-state index is 12.3. The van der Waals surface area contributed by atoms with Crippen LogP contribution in [0, 0.1) is 0 Å². The van der Waals surface area contributed by atoms with Crippen molar-refractivity contribution >= 4 is 34.1 Å². The molecule has 0 atom stereocenters. The predicted molar refractivity (Wildman–Crippen MR) is 135 cm³/mol. The number of pyridine rings is 1. The number of ether oxygens (including phenoxy) is 1. The van der Waals surface area contributed by atoms with Crippen LogP contribution in [0.15, 0.2) is 89.4 Å². The van der Waals surface area contributed by atoms with E-state index in [1.54, 1.807) is 18.9 Å². The summed E-state index contributed by atoms with van der Waals surface area (Å²) < 4.78 is 7.35. The van der Waals surface area contributed by atoms with Gasteiger partial charge in [-0.3, -0.25) is 4.79 Å². The van der Waals surface area contributed by atoms with Crippen LogP contribution in [0.2, 0.25) is 0 Å². The molecule has 2 aromatic heterocycles. The Bertz CT molecular complexity index is 1160. The molecule has 0 aliphatic carbocycles. The number of hydrogen-bond acceptors (Lipinski definition) is 5. The molecule has 0 saturated carbocycles. The Morgan fingerprint density at radius 3 is 2.55 bits per heavy atom. The third kappa shape index (κ3) is 6.91. The molecule has 4 aromatic rings. The number of benzene rings is 2. The molecule has 1 amide bonds. The van der Waals surface area contributed by atoms with Gasteiger partial charge in [0.15, 0.2) is 24.1 Å². The second kappa shape index (κ2) is 11.6. The van der Waals surface area contributed by atoms with E-state index in [1.165, 1.54) is 21.8 Å². The third-order valence-electron chi connectivity index (χ3n) is 5.02. The Labute approximate surface area is 202 Å². The number of thiazole rings is 1. The molecule has 2 heterocycles. The molecular weight excluding hydrogens is 450 g/mol. The van der Waals surface area contributed by atoms with E-state index in [4.69, 9.17) is 4.74 Å². The number of carbonyl (C=O) groups is 1. The minimum absolute atomic E-state index is 0.00000416. The molecule has 0 saturated heterocycles. The van der Waals surface area contributed by atoms with Crippen molar-refractivity contribution in [2.45, 2.75) is 24.3 Å². The summed E-state index contributed by atoms with van der Waals surface area (Å²) in [6, 6.07) is 22.4. The van der Waals surface area contributed by atoms with Crippen molar-refractivity contribution in [1.82, 2.24) is 4.98 Å². The first-order valence-corrected chi connectivity index (χ1v) is 12.6. The molecule has 0 aliphatic rings. The molecule has 0 radical (unpaired) electrons. The van der Waals surface area contributed by atoms with Crippen molar-refractivity contribution in [3.63, 3.8) is 0 Å². The Kier molecular flexibility index (Phi) is 8.11. The average molecular weight is 477 g/mol. The number of aromatic nitrogens is 2. The van der Waals surface area contributed by atoms with E-state index in [-0.39, 0.29) is 5.91 Å². The summed E-state index contributed by atoms with van der Waals surface area (Å²) in [6.07, 6.45) is 5.49. The predicted octanol–water partition coefficient (Wildman–Crippen LogP) is 5.67. The number of thioether (sulfide) groups is 1. The van der Waals surface area contributed by atoms with Crippen LogP contribution >= 0.6 is 23.1 Å². The normalized spacial score (nSPS) is 10.7. The smallest absolute Gasteiger partial charge is 0.226 e. The van der Waals surface area contributed by atoms with Gasteiger partial charge in [-0.2, -0.15) is 0 Å². The fourth-order valence-electron chi connectivity index (χ4n) is 3.27. The van der Waals surface area contributed by atoms with Crippen molar-refractivity contribution in [2.24, 2.45) is 0 Å². The maximum absolute atomic E-state index is 12.3. The third-order valence-corrected chi connectivity index (χ3v) is 6.88. The summed E-state index contributed by atoms with van der Waals surface area (Å²) >= 11 is 3.21. The molecule has 5 nitrogen and oxygen atoms in total. The molecule has 0 fully saturated rings. The number of methoxy groups -OCH3 is 1. The van der Waals surface area contributed by atoms with Gasteiger partial charge in [0, 0.05) is 40.0 Å². The minimum atomic E-state index is -0.00000416. The highest BCUT2D eigenvalue weighted by atomic mass is 32.2. The number of nitrogens with one attached hydrogen (secondary N) is 1. The van der Waals surface area contributed by atoms with Crippen LogP contribution in [-0.4, -0.2) is 23.8 Å². The van der Waals surface area contributed by atoms with Crippen LogP contribution in [0.25, 0.3) is 11.3 Å². The van der Waals surface area contributed by atoms with E-state index in [2.05, 4.69) is 63.7 Å². The van der Waals surface area contributed by atoms with Gasteiger partial charge < -0.3 is 10.1 Å². The quantitative estimate of drug-likeness (QED) is 0.182. The molecule has 1 N–H and O–H groups in total. The minimum Gasteiger partial charge on any atom is -0.497 e. The molecule has 0 aliphatic heterocycles. The van der Waals surface area contributed by atoms with Gasteiger partial charge in [0.25, 0.3) is 0 Å². The number of rotatable bonds is 10. The molecule has 7 heteroatoms. The summed E-state index contributed by atoms with van der Waals surface area (Å²) in [7, 11) is 1.64. The highest BCUT2D eigenvalue weighted by Crippen LogP contribution is 2.26. The standard InChI is InChI=1S/C26H25N3O2S2/c1-31-22-11-9-21(10-12-22)24-19-33-26(27-24)28-25(30)8-5-17-32-23-13-15-29(16-14-23)18-20-6-3-2-4-7-20/h2-4,6-7,9-16,19H,5,8,17-18H2,1H3/p+1. The number of hydrogen-bond donors (Lipinski definition) is 1. The molecular formula is C26H26N3O2S2+. The van der Waals surface area contributed by atoms with Crippen LogP contribution in [0.3, 0.4) is 0 Å². The van der Waals surface area contributed by atoms with Crippen molar-refractivity contribution in [2.75, 3.05) is 18.2 Å². The molecule has 0 spiro atoms. The largest absolute Gasteiger partial charge is 0.497 e. The molecule has 168 valence electrons. The van der Waals surface area contributed by atoms with Crippen LogP contribution < -0.4 is 14.6 Å². The fourth-order valence-corrected chi connectivity index (χ4v) is 4.84. The van der Waals surface area contributed by atoms with Gasteiger partial charge in [-0.1, -0.05) is 30.3 Å². The van der Waals surface area contributed by atoms with E-state index in [1.807, 2.05) is 35.7 Å². The summed E-state index contributed by atoms with van der Waals surface area (Å²) in [5, 5.41) is 5.50. The summed E-state index contributed by atoms with van der Waals surface area (Å²) in [5.41, 5.74) is 3.13. The SMILES string of the molecule is COc1ccc(-c2csc(NC(=O)CCCSc3cc[n+](Cc4ccccc4)cc3)n2)cc1. The Balaban J connectivity index is 1.18. The van der Waals surface area contributed by atoms with Gasteiger partial charge in [-0.15, -0.1) is 23.1 Å². The van der Waals surface area contributed by atoms with Gasteiger partial charge in [-0.05, 0) is 36.4 Å². The Morgan fingerprint density at radius 2 is 1.82 bits per heavy atom. The average Bonchev–Trinajstić information content (AvgIpc) is 3.32. The van der Waals surface area contributed by atoms with Gasteiger partial charge in [-0.25, -0.2) is 9.55 Å². The van der Waals surface area contributed by atoms with Crippen LogP contribution in [-0.2, 0) is 11.3 Å². The second-order valence-corrected chi connectivity index (χ2v) is 9.48. The number of nitrogens with zero attached hydrogens (tertiary/aromatic N) is 2. The van der Waals surface area contributed by atoms with Crippen molar-refractivity contribution in [3.05, 3.63) is 90.1 Å². The van der Waals surface area contributed by atoms with E-state index < -0.39 is 0 Å². The van der Waals surface area contributed by atoms with E-state index in [9.17, 15) is 4.79 Å². The van der Waals surface area contributed by atoms with Crippen molar-refractivity contribution in [3.8, 4) is 17.0 Å². The monoisotopic (exact) mass is 476 g/mol. The number of carbonyl (C=O) groups excluding carboxylic acids is 1.